The highest BCUT2D eigenvalue weighted by Crippen LogP contribution is 2.23. The highest BCUT2D eigenvalue weighted by atomic mass is 32.1. The molecule has 1 heterocycles. The van der Waals surface area contributed by atoms with Crippen molar-refractivity contribution in [3.63, 3.8) is 0 Å². The molecule has 0 radical (unpaired) electrons. The molecule has 0 spiro atoms. The minimum absolute atomic E-state index is 0.0211. The van der Waals surface area contributed by atoms with Crippen LogP contribution in [0.3, 0.4) is 0 Å². The first kappa shape index (κ1) is 18.8. The summed E-state index contributed by atoms with van der Waals surface area (Å²) in [5.41, 5.74) is 2.28. The van der Waals surface area contributed by atoms with Crippen molar-refractivity contribution in [3.05, 3.63) is 46.2 Å². The van der Waals surface area contributed by atoms with E-state index in [1.807, 2.05) is 43.5 Å². The lowest BCUT2D eigenvalue weighted by atomic mass is 10.1. The van der Waals surface area contributed by atoms with Crippen LogP contribution in [0, 0.1) is 6.92 Å². The third kappa shape index (κ3) is 5.49. The van der Waals surface area contributed by atoms with Gasteiger partial charge in [-0.1, -0.05) is 12.1 Å². The highest BCUT2D eigenvalue weighted by molar-refractivity contribution is 7.10. The first-order valence-electron chi connectivity index (χ1n) is 8.11. The second-order valence-corrected chi connectivity index (χ2v) is 6.46. The van der Waals surface area contributed by atoms with Crippen LogP contribution in [-0.2, 0) is 9.53 Å². The van der Waals surface area contributed by atoms with Crippen molar-refractivity contribution in [2.24, 2.45) is 0 Å². The Bertz CT molecular complexity index is 716. The summed E-state index contributed by atoms with van der Waals surface area (Å²) in [6.45, 7) is 6.04. The van der Waals surface area contributed by atoms with Crippen LogP contribution in [0.15, 0.2) is 35.7 Å². The molecule has 0 saturated heterocycles. The van der Waals surface area contributed by atoms with E-state index in [1.54, 1.807) is 24.3 Å². The van der Waals surface area contributed by atoms with E-state index in [1.165, 1.54) is 0 Å². The zero-order chi connectivity index (χ0) is 18.2. The lowest BCUT2D eigenvalue weighted by molar-refractivity contribution is -0.120. The van der Waals surface area contributed by atoms with Crippen molar-refractivity contribution < 1.29 is 14.3 Å². The second kappa shape index (κ2) is 9.08. The molecule has 1 aromatic carbocycles. The molecule has 1 atom stereocenters. The molecule has 6 nitrogen and oxygen atoms in total. The molecule has 3 N–H and O–H groups in total. The van der Waals surface area contributed by atoms with Crippen molar-refractivity contribution in [2.75, 3.05) is 23.8 Å². The van der Waals surface area contributed by atoms with Gasteiger partial charge in [0.1, 0.15) is 0 Å². The number of hydrogen-bond acceptors (Lipinski definition) is 5. The van der Waals surface area contributed by atoms with Crippen LogP contribution in [0.4, 0.5) is 16.2 Å². The number of nitrogens with one attached hydrogen (secondary N) is 3. The summed E-state index contributed by atoms with van der Waals surface area (Å²) in [4.78, 5) is 24.8. The monoisotopic (exact) mass is 361 g/mol. The number of rotatable bonds is 7. The van der Waals surface area contributed by atoms with Crippen LogP contribution < -0.4 is 16.0 Å². The number of hydrogen-bond donors (Lipinski definition) is 3. The molecule has 2 amide bonds. The van der Waals surface area contributed by atoms with Crippen molar-refractivity contribution in [1.82, 2.24) is 5.32 Å². The largest absolute Gasteiger partial charge is 0.450 e. The molecule has 1 unspecified atom stereocenters. The Kier molecular flexibility index (Phi) is 6.82. The van der Waals surface area contributed by atoms with Crippen molar-refractivity contribution in [1.29, 1.82) is 0 Å². The van der Waals surface area contributed by atoms with E-state index in [0.717, 1.165) is 16.1 Å². The summed E-state index contributed by atoms with van der Waals surface area (Å²) in [6.07, 6.45) is -0.495. The molecule has 0 aliphatic heterocycles. The van der Waals surface area contributed by atoms with Gasteiger partial charge in [-0.3, -0.25) is 10.1 Å². The van der Waals surface area contributed by atoms with Crippen molar-refractivity contribution in [2.45, 2.75) is 26.8 Å². The van der Waals surface area contributed by atoms with Gasteiger partial charge in [0, 0.05) is 16.3 Å². The minimum Gasteiger partial charge on any atom is -0.450 e. The molecule has 7 heteroatoms. The molecular weight excluding hydrogens is 338 g/mol. The predicted molar refractivity (Wildman–Crippen MR) is 101 cm³/mol. The van der Waals surface area contributed by atoms with E-state index < -0.39 is 6.09 Å². The fourth-order valence-electron chi connectivity index (χ4n) is 2.32. The number of carbonyl (C=O) groups is 2. The average Bonchev–Trinajstić information content (AvgIpc) is 3.10. The molecule has 0 aliphatic carbocycles. The maximum atomic E-state index is 12.1. The Morgan fingerprint density at radius 2 is 1.96 bits per heavy atom. The van der Waals surface area contributed by atoms with E-state index in [4.69, 9.17) is 4.74 Å². The van der Waals surface area contributed by atoms with Gasteiger partial charge in [0.05, 0.1) is 19.2 Å². The maximum absolute atomic E-state index is 12.1. The number of amides is 2. The average molecular weight is 361 g/mol. The van der Waals surface area contributed by atoms with Crippen LogP contribution in [-0.4, -0.2) is 25.2 Å². The number of ether oxygens (including phenoxy) is 1. The Hall–Kier alpha value is -2.54. The summed E-state index contributed by atoms with van der Waals surface area (Å²) in [7, 11) is 0. The van der Waals surface area contributed by atoms with Crippen LogP contribution in [0.1, 0.15) is 30.3 Å². The summed E-state index contributed by atoms with van der Waals surface area (Å²) in [6, 6.07) is 9.40. The van der Waals surface area contributed by atoms with E-state index in [2.05, 4.69) is 16.0 Å². The molecule has 0 fully saturated rings. The molecule has 2 rings (SSSR count). The van der Waals surface area contributed by atoms with Gasteiger partial charge in [0.25, 0.3) is 0 Å². The van der Waals surface area contributed by atoms with E-state index in [-0.39, 0.29) is 18.5 Å². The lowest BCUT2D eigenvalue weighted by Crippen LogP contribution is -2.31. The number of thiophene rings is 1. The summed E-state index contributed by atoms with van der Waals surface area (Å²) < 4.78 is 4.88. The standard InChI is InChI=1S/C18H23N3O3S/c1-4-24-18(23)21-15-8-5-7-14(12(15)2)19-11-17(22)20-13(3)16-9-6-10-25-16/h5-10,13,19H,4,11H2,1-3H3,(H,20,22)(H,21,23). The summed E-state index contributed by atoms with van der Waals surface area (Å²) in [5, 5.41) is 10.7. The highest BCUT2D eigenvalue weighted by Gasteiger charge is 2.12. The van der Waals surface area contributed by atoms with Gasteiger partial charge in [-0.15, -0.1) is 11.3 Å². The normalized spacial score (nSPS) is 11.5. The fourth-order valence-corrected chi connectivity index (χ4v) is 3.05. The molecular formula is C18H23N3O3S. The Labute approximate surface area is 151 Å². The van der Waals surface area contributed by atoms with Crippen LogP contribution in [0.2, 0.25) is 0 Å². The zero-order valence-corrected chi connectivity index (χ0v) is 15.4. The molecule has 0 saturated carbocycles. The number of anilines is 2. The number of carbonyl (C=O) groups excluding carboxylic acids is 2. The summed E-state index contributed by atoms with van der Waals surface area (Å²) >= 11 is 1.61. The second-order valence-electron chi connectivity index (χ2n) is 5.48. The van der Waals surface area contributed by atoms with Crippen molar-refractivity contribution in [3.8, 4) is 0 Å². The quantitative estimate of drug-likeness (QED) is 0.698. The van der Waals surface area contributed by atoms with Gasteiger partial charge in [-0.05, 0) is 49.9 Å². The maximum Gasteiger partial charge on any atom is 0.411 e. The molecule has 134 valence electrons. The molecule has 25 heavy (non-hydrogen) atoms. The van der Waals surface area contributed by atoms with Crippen molar-refractivity contribution >= 4 is 34.7 Å². The fraction of sp³-hybridized carbons (Fsp3) is 0.333. The Morgan fingerprint density at radius 1 is 1.20 bits per heavy atom. The third-order valence-electron chi connectivity index (χ3n) is 3.63. The van der Waals surface area contributed by atoms with Gasteiger partial charge in [0.15, 0.2) is 0 Å². The number of benzene rings is 1. The van der Waals surface area contributed by atoms with Crippen LogP contribution in [0.25, 0.3) is 0 Å². The predicted octanol–water partition coefficient (Wildman–Crippen LogP) is 3.91. The van der Waals surface area contributed by atoms with E-state index >= 15 is 0 Å². The first-order chi connectivity index (χ1) is 12.0. The molecule has 2 aromatic rings. The Balaban J connectivity index is 1.91. The Morgan fingerprint density at radius 3 is 2.64 bits per heavy atom. The molecule has 0 aliphatic rings. The third-order valence-corrected chi connectivity index (χ3v) is 4.69. The topological polar surface area (TPSA) is 79.5 Å². The van der Waals surface area contributed by atoms with E-state index in [0.29, 0.717) is 12.3 Å². The zero-order valence-electron chi connectivity index (χ0n) is 14.6. The molecule has 1 aromatic heterocycles. The first-order valence-corrected chi connectivity index (χ1v) is 8.99. The summed E-state index contributed by atoms with van der Waals surface area (Å²) in [5.74, 6) is -0.0935. The minimum atomic E-state index is -0.495. The van der Waals surface area contributed by atoms with E-state index in [9.17, 15) is 9.59 Å². The van der Waals surface area contributed by atoms with Gasteiger partial charge in [0.2, 0.25) is 5.91 Å². The van der Waals surface area contributed by atoms with Gasteiger partial charge < -0.3 is 15.4 Å². The smallest absolute Gasteiger partial charge is 0.411 e. The van der Waals surface area contributed by atoms with Crippen LogP contribution in [0.5, 0.6) is 0 Å². The lowest BCUT2D eigenvalue weighted by Gasteiger charge is -2.16. The van der Waals surface area contributed by atoms with Gasteiger partial charge in [-0.2, -0.15) is 0 Å². The van der Waals surface area contributed by atoms with Gasteiger partial charge >= 0.3 is 6.09 Å². The SMILES string of the molecule is CCOC(=O)Nc1cccc(NCC(=O)NC(C)c2cccs2)c1C. The van der Waals surface area contributed by atoms with Crippen LogP contribution >= 0.6 is 11.3 Å². The molecule has 0 bridgehead atoms. The van der Waals surface area contributed by atoms with Gasteiger partial charge in [-0.25, -0.2) is 4.79 Å².